The minimum atomic E-state index is -4.55. The lowest BCUT2D eigenvalue weighted by Gasteiger charge is -2.46. The van der Waals surface area contributed by atoms with Crippen LogP contribution < -0.4 is 37.1 Å². The van der Waals surface area contributed by atoms with Crippen LogP contribution in [0.2, 0.25) is 0 Å². The first-order valence-electron chi connectivity index (χ1n) is 14.3. The molecule has 2 unspecified atom stereocenters. The van der Waals surface area contributed by atoms with Crippen LogP contribution in [-0.4, -0.2) is 88.1 Å². The Labute approximate surface area is 255 Å². The molecule has 1 spiro atoms. The molecule has 2 amide bonds. The fraction of sp³-hybridized carbons (Fsp3) is 0.448. The van der Waals surface area contributed by atoms with Crippen LogP contribution in [0.25, 0.3) is 0 Å². The lowest BCUT2D eigenvalue weighted by molar-refractivity contribution is -0.521. The zero-order chi connectivity index (χ0) is 32.5. The highest BCUT2D eigenvalue weighted by Gasteiger charge is 2.76. The smallest absolute Gasteiger partial charge is 0.416 e. The number of hydrogen-bond donors (Lipinski definition) is 8. The molecule has 13 nitrogen and oxygen atoms in total. The number of nitrogens with one attached hydrogen (secondary N) is 4. The first-order valence-corrected chi connectivity index (χ1v) is 14.3. The number of benzene rings is 2. The van der Waals surface area contributed by atoms with E-state index in [1.807, 2.05) is 6.07 Å². The molecule has 0 saturated carbocycles. The molecule has 2 aromatic carbocycles. The number of alkyl halides is 3. The summed E-state index contributed by atoms with van der Waals surface area (Å²) in [6.07, 6.45) is -3.78. The summed E-state index contributed by atoms with van der Waals surface area (Å²) >= 11 is 0. The Morgan fingerprint density at radius 3 is 2.56 bits per heavy atom. The topological polar surface area (TPSA) is 202 Å². The Morgan fingerprint density at radius 1 is 1.16 bits per heavy atom. The Kier molecular flexibility index (Phi) is 6.93. The molecule has 0 bridgehead atoms. The predicted molar refractivity (Wildman–Crippen MR) is 154 cm³/mol. The average molecular weight is 632 g/mol. The maximum atomic E-state index is 13.6. The molecule has 1 saturated heterocycles. The number of fused-ring (bicyclic) bond motifs is 1. The fourth-order valence-electron chi connectivity index (χ4n) is 6.63. The highest BCUT2D eigenvalue weighted by molar-refractivity contribution is 5.98. The maximum absolute atomic E-state index is 13.6. The molecule has 0 aromatic heterocycles. The van der Waals surface area contributed by atoms with Gasteiger partial charge in [0.05, 0.1) is 24.3 Å². The number of nitrogens with zero attached hydrogens (tertiary/aromatic N) is 2. The fourth-order valence-corrected chi connectivity index (χ4v) is 6.63. The Balaban J connectivity index is 1.23. The molecule has 45 heavy (non-hydrogen) atoms. The molecule has 4 atom stereocenters. The number of ether oxygens (including phenoxy) is 1. The number of carbonyl (C=O) groups excluding carboxylic acids is 2. The third-order valence-corrected chi connectivity index (χ3v) is 9.10. The highest BCUT2D eigenvalue weighted by Crippen LogP contribution is 2.43. The third kappa shape index (κ3) is 4.79. The van der Waals surface area contributed by atoms with E-state index in [0.29, 0.717) is 12.4 Å². The van der Waals surface area contributed by atoms with Crippen LogP contribution in [0.5, 0.6) is 5.75 Å². The third-order valence-electron chi connectivity index (χ3n) is 9.10. The number of nitrogens with two attached hydrogens (primary N) is 2. The van der Waals surface area contributed by atoms with Gasteiger partial charge in [-0.25, -0.2) is 10.3 Å². The highest BCUT2D eigenvalue weighted by atomic mass is 19.4. The Morgan fingerprint density at radius 2 is 1.87 bits per heavy atom. The van der Waals surface area contributed by atoms with Gasteiger partial charge in [-0.05, 0) is 42.2 Å². The molecule has 2 aromatic rings. The number of hydrogen-bond acceptors (Lipinski definition) is 10. The molecule has 4 aliphatic heterocycles. The molecule has 0 aliphatic carbocycles. The van der Waals surface area contributed by atoms with Crippen molar-refractivity contribution in [3.8, 4) is 5.75 Å². The van der Waals surface area contributed by atoms with Crippen molar-refractivity contribution in [1.29, 1.82) is 0 Å². The molecule has 10 N–H and O–H groups in total. The van der Waals surface area contributed by atoms with E-state index in [-0.39, 0.29) is 41.6 Å². The number of rotatable bonds is 5. The molecule has 4 aliphatic rings. The van der Waals surface area contributed by atoms with Crippen molar-refractivity contribution in [2.24, 2.45) is 16.5 Å². The molecule has 1 fully saturated rings. The number of para-hydroxylation sites is 1. The van der Waals surface area contributed by atoms with Crippen LogP contribution >= 0.6 is 0 Å². The van der Waals surface area contributed by atoms with Crippen LogP contribution in [0.1, 0.15) is 52.1 Å². The molecule has 6 rings (SSSR count). The van der Waals surface area contributed by atoms with Gasteiger partial charge < -0.3 is 31.3 Å². The van der Waals surface area contributed by atoms with Gasteiger partial charge in [-0.1, -0.05) is 26.0 Å². The summed E-state index contributed by atoms with van der Waals surface area (Å²) in [5.74, 6) is -3.66. The van der Waals surface area contributed by atoms with Gasteiger partial charge in [0, 0.05) is 17.7 Å². The summed E-state index contributed by atoms with van der Waals surface area (Å²) in [7, 11) is 0. The van der Waals surface area contributed by atoms with Gasteiger partial charge >= 0.3 is 12.1 Å². The van der Waals surface area contributed by atoms with Crippen molar-refractivity contribution in [3.63, 3.8) is 0 Å². The van der Waals surface area contributed by atoms with Gasteiger partial charge in [0.2, 0.25) is 5.79 Å². The minimum absolute atomic E-state index is 0.0199. The van der Waals surface area contributed by atoms with E-state index in [9.17, 15) is 33.0 Å². The molecular weight excluding hydrogens is 597 g/mol. The number of guanidine groups is 2. The van der Waals surface area contributed by atoms with Crippen molar-refractivity contribution in [2.75, 3.05) is 19.7 Å². The number of amides is 2. The molecular formula is C29H34F3N8O5+. The van der Waals surface area contributed by atoms with E-state index in [1.54, 1.807) is 12.1 Å². The normalized spacial score (nSPS) is 27.5. The van der Waals surface area contributed by atoms with Crippen molar-refractivity contribution < 1.29 is 42.7 Å². The quantitative estimate of drug-likeness (QED) is 0.173. The second-order valence-corrected chi connectivity index (χ2v) is 12.3. The molecule has 240 valence electrons. The lowest BCUT2D eigenvalue weighted by Crippen LogP contribution is -2.90. The van der Waals surface area contributed by atoms with Crippen LogP contribution in [0.15, 0.2) is 47.5 Å². The summed E-state index contributed by atoms with van der Waals surface area (Å²) in [6, 6.07) is 5.74. The van der Waals surface area contributed by atoms with Crippen LogP contribution in [-0.2, 0) is 11.6 Å². The van der Waals surface area contributed by atoms with E-state index in [1.165, 1.54) is 4.90 Å². The summed E-state index contributed by atoms with van der Waals surface area (Å²) in [5.41, 5.74) is 10.5. The van der Waals surface area contributed by atoms with E-state index in [4.69, 9.17) is 16.2 Å². The van der Waals surface area contributed by atoms with Crippen molar-refractivity contribution >= 4 is 23.7 Å². The van der Waals surface area contributed by atoms with E-state index in [2.05, 4.69) is 39.8 Å². The first kappa shape index (κ1) is 30.5. The number of aliphatic hydroxyl groups is 2. The summed E-state index contributed by atoms with van der Waals surface area (Å²) in [5, 5.41) is 31.7. The monoisotopic (exact) mass is 631 g/mol. The second-order valence-electron chi connectivity index (χ2n) is 12.3. The zero-order valence-electron chi connectivity index (χ0n) is 24.4. The summed E-state index contributed by atoms with van der Waals surface area (Å²) in [6.45, 7) is 4.17. The molecule has 16 heteroatoms. The van der Waals surface area contributed by atoms with Crippen molar-refractivity contribution in [3.05, 3.63) is 64.7 Å². The molecule has 4 heterocycles. The van der Waals surface area contributed by atoms with Gasteiger partial charge in [-0.3, -0.25) is 25.2 Å². The predicted octanol–water partition coefficient (Wildman–Crippen LogP) is -1.95. The second kappa shape index (κ2) is 10.2. The summed E-state index contributed by atoms with van der Waals surface area (Å²) < 4.78 is 44.7. The Bertz CT molecular complexity index is 1610. The number of carbonyl (C=O) groups is 2. The van der Waals surface area contributed by atoms with Gasteiger partial charge in [0.25, 0.3) is 17.5 Å². The Hall–Kier alpha value is -4.57. The van der Waals surface area contributed by atoms with Crippen molar-refractivity contribution in [2.45, 2.75) is 61.4 Å². The van der Waals surface area contributed by atoms with Gasteiger partial charge in [0.15, 0.2) is 12.0 Å². The number of aliphatic imine (C=N–C) groups is 1. The van der Waals surface area contributed by atoms with Gasteiger partial charge in [0.1, 0.15) is 17.8 Å². The van der Waals surface area contributed by atoms with Crippen LogP contribution in [0.4, 0.5) is 13.2 Å². The zero-order valence-corrected chi connectivity index (χ0v) is 24.4. The van der Waals surface area contributed by atoms with E-state index in [0.717, 1.165) is 36.2 Å². The van der Waals surface area contributed by atoms with E-state index >= 15 is 0 Å². The average Bonchev–Trinajstić information content (AvgIpc) is 3.44. The standard InChI is InChI=1S/C29H33F3N8O5/c1-26(2)10-11-45-20-16(4-3-5-17(20)26)23(42)37-19-13-40-25(34)36-18(21-27(40,28(19,43)44)39-24(33)38-21)12-35-22(41)14-6-8-15(9-7-14)29(30,31)32/h3-9,18-19,21,43-44H,10-13H2,1-2H3,(H2,34,36)(H,35,41)(H,37,42)(H3,33,38,39)/p+1/t18-,19?,21-,27?/m0/s1. The van der Waals surface area contributed by atoms with Crippen molar-refractivity contribution in [1.82, 2.24) is 20.9 Å². The first-order chi connectivity index (χ1) is 21.1. The largest absolute Gasteiger partial charge is 0.492 e. The van der Waals surface area contributed by atoms with Gasteiger partial charge in [-0.15, -0.1) is 0 Å². The SMILES string of the molecule is CC1(C)CCOc2c(C(=O)NC3CN4C(N)=N[C@@H](CNC(=O)c5ccc(C(F)(F)F)cc5)[C@@H]5[NH+]=C(N)NC54C3(O)O)cccc21. The van der Waals surface area contributed by atoms with Crippen LogP contribution in [0.3, 0.4) is 0 Å². The maximum Gasteiger partial charge on any atom is 0.416 e. The summed E-state index contributed by atoms with van der Waals surface area (Å²) in [4.78, 5) is 35.2. The number of halogens is 3. The molecule has 0 radical (unpaired) electrons. The lowest BCUT2D eigenvalue weighted by atomic mass is 9.79. The van der Waals surface area contributed by atoms with Gasteiger partial charge in [-0.2, -0.15) is 13.2 Å². The minimum Gasteiger partial charge on any atom is -0.492 e. The van der Waals surface area contributed by atoms with E-state index < -0.39 is 53.1 Å². The van der Waals surface area contributed by atoms with Crippen LogP contribution in [0, 0.1) is 0 Å².